The van der Waals surface area contributed by atoms with E-state index in [-0.39, 0.29) is 18.0 Å². The molecule has 3 N–H and O–H groups in total. The minimum Gasteiger partial charge on any atom is -0.504 e. The monoisotopic (exact) mass is 399 g/mol. The van der Waals surface area contributed by atoms with E-state index in [9.17, 15) is 15.0 Å². The lowest BCUT2D eigenvalue weighted by Crippen LogP contribution is -3.07. The molecule has 0 saturated heterocycles. The van der Waals surface area contributed by atoms with Crippen molar-refractivity contribution in [1.82, 2.24) is 0 Å². The first-order valence-corrected chi connectivity index (χ1v) is 10.5. The Hall–Kier alpha value is -2.44. The number of aliphatic imine (C=N–C) groups is 1. The number of allylic oxidation sites excluding steroid dienone is 1. The van der Waals surface area contributed by atoms with Crippen molar-refractivity contribution in [2.45, 2.75) is 58.0 Å². The Kier molecular flexibility index (Phi) is 7.61. The van der Waals surface area contributed by atoms with Gasteiger partial charge in [-0.05, 0) is 36.6 Å². The van der Waals surface area contributed by atoms with Gasteiger partial charge < -0.3 is 14.9 Å². The van der Waals surface area contributed by atoms with E-state index in [4.69, 9.17) is 4.74 Å². The number of hydrogen-bond donors (Lipinski definition) is 3. The average molecular weight is 400 g/mol. The van der Waals surface area contributed by atoms with Gasteiger partial charge in [-0.3, -0.25) is 14.7 Å². The summed E-state index contributed by atoms with van der Waals surface area (Å²) in [7, 11) is 0. The van der Waals surface area contributed by atoms with Crippen LogP contribution in [0, 0.1) is 0 Å². The molecule has 1 aromatic rings. The standard InChI is InChI=1S/C23H30N2O4/c1-2-3-4-5-19(26)13-20(27)8-6-17-7-9-22(28)23(12-17)29-16-25-14-18-10-11-24-21(18)15-25/h7,9-12,15,19,26,28H,2-6,8,13-14,16H2,1H3/p+1/t19-/m1/s1. The van der Waals surface area contributed by atoms with Crippen LogP contribution in [0.15, 0.2) is 46.7 Å². The number of nitrogens with zero attached hydrogens (tertiary/aromatic N) is 1. The van der Waals surface area contributed by atoms with Gasteiger partial charge in [0.1, 0.15) is 24.2 Å². The van der Waals surface area contributed by atoms with Gasteiger partial charge in [0, 0.05) is 24.6 Å². The highest BCUT2D eigenvalue weighted by atomic mass is 16.5. The summed E-state index contributed by atoms with van der Waals surface area (Å²) in [6.07, 6.45) is 10.3. The van der Waals surface area contributed by atoms with Crippen LogP contribution in [0.1, 0.15) is 51.0 Å². The lowest BCUT2D eigenvalue weighted by Gasteiger charge is -2.13. The zero-order valence-electron chi connectivity index (χ0n) is 17.1. The molecule has 2 aliphatic heterocycles. The van der Waals surface area contributed by atoms with Crippen LogP contribution in [0.5, 0.6) is 11.5 Å². The number of aryl methyl sites for hydroxylation is 1. The predicted octanol–water partition coefficient (Wildman–Crippen LogP) is 2.31. The quantitative estimate of drug-likeness (QED) is 0.471. The van der Waals surface area contributed by atoms with E-state index < -0.39 is 6.10 Å². The Morgan fingerprint density at radius 3 is 3.00 bits per heavy atom. The number of ketones is 1. The number of aliphatic hydroxyl groups is 1. The fourth-order valence-electron chi connectivity index (χ4n) is 3.62. The maximum atomic E-state index is 12.1. The lowest BCUT2D eigenvalue weighted by atomic mass is 10.0. The second-order valence-electron chi connectivity index (χ2n) is 7.82. The summed E-state index contributed by atoms with van der Waals surface area (Å²) in [6.45, 7) is 3.34. The van der Waals surface area contributed by atoms with Gasteiger partial charge in [-0.25, -0.2) is 0 Å². The van der Waals surface area contributed by atoms with Crippen LogP contribution in [0.3, 0.4) is 0 Å². The number of aromatic hydroxyl groups is 1. The number of ether oxygens (including phenoxy) is 1. The number of unbranched alkanes of at least 4 members (excludes halogenated alkanes) is 2. The van der Waals surface area contributed by atoms with E-state index >= 15 is 0 Å². The zero-order valence-corrected chi connectivity index (χ0v) is 17.1. The van der Waals surface area contributed by atoms with Crippen LogP contribution in [-0.2, 0) is 11.2 Å². The zero-order chi connectivity index (χ0) is 20.6. The van der Waals surface area contributed by atoms with E-state index in [1.165, 1.54) is 5.57 Å². The fourth-order valence-corrected chi connectivity index (χ4v) is 3.62. The number of Topliss-reactive ketones (excluding diaryl/α,β-unsaturated/α-hetero) is 1. The molecule has 0 spiro atoms. The van der Waals surface area contributed by atoms with E-state index in [1.807, 2.05) is 18.3 Å². The second kappa shape index (κ2) is 10.4. The highest BCUT2D eigenvalue weighted by molar-refractivity contribution is 5.80. The van der Waals surface area contributed by atoms with E-state index in [2.05, 4.69) is 11.9 Å². The van der Waals surface area contributed by atoms with Gasteiger partial charge in [-0.1, -0.05) is 32.3 Å². The Bertz CT molecular complexity index is 813. The molecule has 0 aliphatic carbocycles. The second-order valence-corrected chi connectivity index (χ2v) is 7.82. The van der Waals surface area contributed by atoms with E-state index in [0.29, 0.717) is 31.7 Å². The van der Waals surface area contributed by atoms with E-state index in [1.54, 1.807) is 18.3 Å². The number of carbonyl (C=O) groups is 1. The highest BCUT2D eigenvalue weighted by Crippen LogP contribution is 2.27. The fraction of sp³-hybridized carbons (Fsp3) is 0.478. The van der Waals surface area contributed by atoms with Crippen LogP contribution >= 0.6 is 0 Å². The SMILES string of the molecule is CCCCC[C@@H](O)CC(=O)CCc1ccc(O)c(OC[NH+]2C=C3N=CC=C3C2)c1. The number of benzene rings is 1. The third kappa shape index (κ3) is 6.27. The van der Waals surface area contributed by atoms with Crippen molar-refractivity contribution in [3.05, 3.63) is 47.3 Å². The summed E-state index contributed by atoms with van der Waals surface area (Å²) in [5.74, 6) is 0.586. The molecular formula is C23H31N2O4+. The first-order chi connectivity index (χ1) is 14.0. The summed E-state index contributed by atoms with van der Waals surface area (Å²) < 4.78 is 5.82. The predicted molar refractivity (Wildman–Crippen MR) is 112 cm³/mol. The molecule has 0 aromatic heterocycles. The molecule has 1 unspecified atom stereocenters. The number of fused-ring (bicyclic) bond motifs is 1. The van der Waals surface area contributed by atoms with Crippen molar-refractivity contribution in [1.29, 1.82) is 0 Å². The topological polar surface area (TPSA) is 83.6 Å². The van der Waals surface area contributed by atoms with Gasteiger partial charge in [-0.15, -0.1) is 0 Å². The van der Waals surface area contributed by atoms with Crippen molar-refractivity contribution in [3.63, 3.8) is 0 Å². The van der Waals surface area contributed by atoms with E-state index in [0.717, 1.165) is 42.0 Å². The molecule has 0 saturated carbocycles. The molecule has 1 aromatic carbocycles. The molecule has 2 atom stereocenters. The first-order valence-electron chi connectivity index (χ1n) is 10.5. The summed E-state index contributed by atoms with van der Waals surface area (Å²) in [4.78, 5) is 17.5. The molecule has 0 fully saturated rings. The van der Waals surface area contributed by atoms with Crippen LogP contribution in [0.4, 0.5) is 0 Å². The van der Waals surface area contributed by atoms with Gasteiger partial charge in [-0.2, -0.15) is 0 Å². The van der Waals surface area contributed by atoms with Crippen LogP contribution < -0.4 is 9.64 Å². The number of nitrogens with one attached hydrogen (secondary N) is 1. The molecule has 3 rings (SSSR count). The van der Waals surface area contributed by atoms with Gasteiger partial charge in [0.2, 0.25) is 6.73 Å². The normalized spacial score (nSPS) is 18.3. The number of quaternary nitrogens is 1. The molecule has 156 valence electrons. The first kappa shape index (κ1) is 21.3. The van der Waals surface area contributed by atoms with Gasteiger partial charge in [0.25, 0.3) is 0 Å². The molecule has 0 amide bonds. The van der Waals surface area contributed by atoms with Gasteiger partial charge >= 0.3 is 0 Å². The minimum atomic E-state index is -0.538. The molecular weight excluding hydrogens is 368 g/mol. The minimum absolute atomic E-state index is 0.0676. The van der Waals surface area contributed by atoms with Crippen LogP contribution in [0.25, 0.3) is 0 Å². The number of phenolic OH excluding ortho intramolecular Hbond substituents is 1. The number of phenols is 1. The third-order valence-corrected chi connectivity index (χ3v) is 5.31. The van der Waals surface area contributed by atoms with Gasteiger partial charge in [0.05, 0.1) is 6.10 Å². The van der Waals surface area contributed by atoms with Crippen molar-refractivity contribution in [2.24, 2.45) is 4.99 Å². The average Bonchev–Trinajstić information content (AvgIpc) is 3.28. The van der Waals surface area contributed by atoms with Crippen molar-refractivity contribution >= 4 is 12.0 Å². The number of rotatable bonds is 12. The number of hydrogen-bond acceptors (Lipinski definition) is 5. The summed E-state index contributed by atoms with van der Waals surface area (Å²) in [6, 6.07) is 5.21. The molecule has 2 heterocycles. The summed E-state index contributed by atoms with van der Waals surface area (Å²) >= 11 is 0. The van der Waals surface area contributed by atoms with Crippen LogP contribution in [-0.4, -0.2) is 41.6 Å². The van der Waals surface area contributed by atoms with Crippen molar-refractivity contribution in [3.8, 4) is 11.5 Å². The number of carbonyl (C=O) groups excluding carboxylic acids is 1. The van der Waals surface area contributed by atoms with Gasteiger partial charge in [0.15, 0.2) is 11.5 Å². The Balaban J connectivity index is 1.45. The largest absolute Gasteiger partial charge is 0.504 e. The molecule has 6 heteroatoms. The molecule has 29 heavy (non-hydrogen) atoms. The Morgan fingerprint density at radius 2 is 2.21 bits per heavy atom. The lowest BCUT2D eigenvalue weighted by molar-refractivity contribution is -0.854. The Morgan fingerprint density at radius 1 is 1.34 bits per heavy atom. The Labute approximate surface area is 172 Å². The van der Waals surface area contributed by atoms with Crippen LogP contribution in [0.2, 0.25) is 0 Å². The number of aliphatic hydroxyl groups excluding tert-OH is 1. The summed E-state index contributed by atoms with van der Waals surface area (Å²) in [5, 5.41) is 20.0. The molecule has 0 radical (unpaired) electrons. The molecule has 6 nitrogen and oxygen atoms in total. The van der Waals surface area contributed by atoms with Crippen molar-refractivity contribution < 1.29 is 24.6 Å². The maximum absolute atomic E-state index is 12.1. The molecule has 0 bridgehead atoms. The third-order valence-electron chi connectivity index (χ3n) is 5.31. The highest BCUT2D eigenvalue weighted by Gasteiger charge is 2.24. The maximum Gasteiger partial charge on any atom is 0.227 e. The molecule has 2 aliphatic rings. The smallest absolute Gasteiger partial charge is 0.227 e. The van der Waals surface area contributed by atoms with Crippen molar-refractivity contribution in [2.75, 3.05) is 13.3 Å². The summed E-state index contributed by atoms with van der Waals surface area (Å²) in [5.41, 5.74) is 3.14.